The Labute approximate surface area is 167 Å². The highest BCUT2D eigenvalue weighted by Crippen LogP contribution is 2.38. The number of rotatable bonds is 5. The van der Waals surface area contributed by atoms with Gasteiger partial charge in [0.25, 0.3) is 5.91 Å². The van der Waals surface area contributed by atoms with Crippen LogP contribution < -0.4 is 9.47 Å². The SMILES string of the molecule is COc1cccc(C(=O)N2N=C(c3cccs3)CC2c2ccccc2OC)c1. The predicted molar refractivity (Wildman–Crippen MR) is 110 cm³/mol. The summed E-state index contributed by atoms with van der Waals surface area (Å²) in [4.78, 5) is 14.4. The standard InChI is InChI=1S/C22H20N2O3S/c1-26-16-8-5-7-15(13-16)22(25)24-19(17-9-3-4-10-20(17)27-2)14-18(23-24)21-11-6-12-28-21/h3-13,19H,14H2,1-2H3. The van der Waals surface area contributed by atoms with E-state index < -0.39 is 0 Å². The van der Waals surface area contributed by atoms with Gasteiger partial charge in [0.05, 0.1) is 30.9 Å². The number of methoxy groups -OCH3 is 2. The number of carbonyl (C=O) groups excluding carboxylic acids is 1. The van der Waals surface area contributed by atoms with Crippen molar-refractivity contribution in [3.8, 4) is 11.5 Å². The van der Waals surface area contributed by atoms with Crippen molar-refractivity contribution < 1.29 is 14.3 Å². The largest absolute Gasteiger partial charge is 0.497 e. The Hall–Kier alpha value is -3.12. The highest BCUT2D eigenvalue weighted by atomic mass is 32.1. The summed E-state index contributed by atoms with van der Waals surface area (Å²) >= 11 is 1.62. The number of hydrazone groups is 1. The lowest BCUT2D eigenvalue weighted by Crippen LogP contribution is -2.27. The summed E-state index contributed by atoms with van der Waals surface area (Å²) < 4.78 is 10.8. The van der Waals surface area contributed by atoms with Gasteiger partial charge in [-0.25, -0.2) is 5.01 Å². The van der Waals surface area contributed by atoms with Crippen LogP contribution in [-0.2, 0) is 0 Å². The zero-order valence-electron chi connectivity index (χ0n) is 15.7. The van der Waals surface area contributed by atoms with Gasteiger partial charge in [0.1, 0.15) is 11.5 Å². The molecule has 1 amide bonds. The van der Waals surface area contributed by atoms with E-state index in [1.807, 2.05) is 53.9 Å². The molecule has 0 fully saturated rings. The third kappa shape index (κ3) is 3.39. The summed E-state index contributed by atoms with van der Waals surface area (Å²) in [5.41, 5.74) is 2.38. The van der Waals surface area contributed by atoms with Crippen molar-refractivity contribution in [2.45, 2.75) is 12.5 Å². The summed E-state index contributed by atoms with van der Waals surface area (Å²) in [6.07, 6.45) is 0.636. The Morgan fingerprint density at radius 2 is 1.93 bits per heavy atom. The number of para-hydroxylation sites is 1. The van der Waals surface area contributed by atoms with E-state index in [0.29, 0.717) is 17.7 Å². The first kappa shape index (κ1) is 18.3. The summed E-state index contributed by atoms with van der Waals surface area (Å²) in [6, 6.07) is 18.7. The first-order chi connectivity index (χ1) is 13.7. The zero-order valence-corrected chi connectivity index (χ0v) is 16.5. The van der Waals surface area contributed by atoms with Crippen LogP contribution in [0.2, 0.25) is 0 Å². The average molecular weight is 392 g/mol. The average Bonchev–Trinajstić information content (AvgIpc) is 3.43. The maximum Gasteiger partial charge on any atom is 0.274 e. The van der Waals surface area contributed by atoms with Crippen molar-refractivity contribution in [3.05, 3.63) is 82.0 Å². The molecule has 28 heavy (non-hydrogen) atoms. The Morgan fingerprint density at radius 3 is 2.68 bits per heavy atom. The molecule has 1 atom stereocenters. The lowest BCUT2D eigenvalue weighted by molar-refractivity contribution is 0.0709. The molecule has 0 aliphatic carbocycles. The van der Waals surface area contributed by atoms with Crippen LogP contribution >= 0.6 is 11.3 Å². The normalized spacial score (nSPS) is 16.0. The first-order valence-corrected chi connectivity index (χ1v) is 9.81. The van der Waals surface area contributed by atoms with E-state index in [0.717, 1.165) is 21.9 Å². The molecule has 0 N–H and O–H groups in total. The van der Waals surface area contributed by atoms with Crippen molar-refractivity contribution in [3.63, 3.8) is 0 Å². The molecule has 5 nitrogen and oxygen atoms in total. The second-order valence-electron chi connectivity index (χ2n) is 6.37. The van der Waals surface area contributed by atoms with E-state index in [-0.39, 0.29) is 11.9 Å². The van der Waals surface area contributed by atoms with Gasteiger partial charge in [-0.3, -0.25) is 4.79 Å². The second-order valence-corrected chi connectivity index (χ2v) is 7.32. The smallest absolute Gasteiger partial charge is 0.274 e. The molecule has 0 saturated heterocycles. The van der Waals surface area contributed by atoms with Gasteiger partial charge in [-0.2, -0.15) is 5.10 Å². The van der Waals surface area contributed by atoms with Crippen molar-refractivity contribution in [2.75, 3.05) is 14.2 Å². The molecule has 2 aromatic carbocycles. The molecule has 4 rings (SSSR count). The molecule has 6 heteroatoms. The first-order valence-electron chi connectivity index (χ1n) is 8.93. The molecule has 1 aliphatic rings. The van der Waals surface area contributed by atoms with E-state index in [9.17, 15) is 4.79 Å². The maximum absolute atomic E-state index is 13.3. The molecule has 142 valence electrons. The topological polar surface area (TPSA) is 51.1 Å². The maximum atomic E-state index is 13.3. The molecular formula is C22H20N2O3S. The van der Waals surface area contributed by atoms with Crippen molar-refractivity contribution >= 4 is 23.0 Å². The van der Waals surface area contributed by atoms with Crippen LogP contribution in [0.25, 0.3) is 0 Å². The Morgan fingerprint density at radius 1 is 1.07 bits per heavy atom. The van der Waals surface area contributed by atoms with Crippen LogP contribution in [0.3, 0.4) is 0 Å². The predicted octanol–water partition coefficient (Wildman–Crippen LogP) is 4.76. The number of hydrogen-bond acceptors (Lipinski definition) is 5. The molecular weight excluding hydrogens is 372 g/mol. The Balaban J connectivity index is 1.75. The van der Waals surface area contributed by atoms with Crippen LogP contribution in [0.4, 0.5) is 0 Å². The van der Waals surface area contributed by atoms with Gasteiger partial charge in [-0.1, -0.05) is 30.3 Å². The monoisotopic (exact) mass is 392 g/mol. The molecule has 1 unspecified atom stereocenters. The van der Waals surface area contributed by atoms with Crippen LogP contribution in [0.5, 0.6) is 11.5 Å². The van der Waals surface area contributed by atoms with Crippen LogP contribution in [0.1, 0.15) is 33.3 Å². The van der Waals surface area contributed by atoms with Gasteiger partial charge < -0.3 is 9.47 Å². The zero-order chi connectivity index (χ0) is 19.5. The van der Waals surface area contributed by atoms with Gasteiger partial charge in [-0.05, 0) is 35.7 Å². The highest BCUT2D eigenvalue weighted by Gasteiger charge is 2.35. The molecule has 1 aromatic heterocycles. The van der Waals surface area contributed by atoms with Gasteiger partial charge in [0.2, 0.25) is 0 Å². The van der Waals surface area contributed by atoms with E-state index in [4.69, 9.17) is 14.6 Å². The minimum absolute atomic E-state index is 0.165. The van der Waals surface area contributed by atoms with Crippen molar-refractivity contribution in [2.24, 2.45) is 5.10 Å². The summed E-state index contributed by atoms with van der Waals surface area (Å²) in [5, 5.41) is 8.30. The molecule has 0 saturated carbocycles. The number of thiophene rings is 1. The third-order valence-electron chi connectivity index (χ3n) is 4.74. The molecule has 1 aliphatic heterocycles. The Bertz CT molecular complexity index is 1010. The molecule has 0 radical (unpaired) electrons. The van der Waals surface area contributed by atoms with Crippen LogP contribution in [0.15, 0.2) is 71.1 Å². The summed E-state index contributed by atoms with van der Waals surface area (Å²) in [6.45, 7) is 0. The molecule has 2 heterocycles. The third-order valence-corrected chi connectivity index (χ3v) is 5.66. The van der Waals surface area contributed by atoms with Gasteiger partial charge in [-0.15, -0.1) is 11.3 Å². The fourth-order valence-corrected chi connectivity index (χ4v) is 4.08. The fraction of sp³-hybridized carbons (Fsp3) is 0.182. The second kappa shape index (κ2) is 7.86. The van der Waals surface area contributed by atoms with Gasteiger partial charge in [0, 0.05) is 17.5 Å². The van der Waals surface area contributed by atoms with E-state index in [2.05, 4.69) is 0 Å². The molecule has 3 aromatic rings. The number of hydrogen-bond donors (Lipinski definition) is 0. The van der Waals surface area contributed by atoms with Crippen LogP contribution in [0, 0.1) is 0 Å². The number of benzene rings is 2. The van der Waals surface area contributed by atoms with E-state index >= 15 is 0 Å². The minimum atomic E-state index is -0.230. The van der Waals surface area contributed by atoms with Crippen molar-refractivity contribution in [1.82, 2.24) is 5.01 Å². The van der Waals surface area contributed by atoms with Gasteiger partial charge >= 0.3 is 0 Å². The fourth-order valence-electron chi connectivity index (χ4n) is 3.36. The number of ether oxygens (including phenoxy) is 2. The minimum Gasteiger partial charge on any atom is -0.497 e. The quantitative estimate of drug-likeness (QED) is 0.629. The van der Waals surface area contributed by atoms with Crippen LogP contribution in [-0.4, -0.2) is 30.8 Å². The van der Waals surface area contributed by atoms with Crippen molar-refractivity contribution in [1.29, 1.82) is 0 Å². The Kier molecular flexibility index (Phi) is 5.12. The summed E-state index contributed by atoms with van der Waals surface area (Å²) in [7, 11) is 3.23. The van der Waals surface area contributed by atoms with Gasteiger partial charge in [0.15, 0.2) is 0 Å². The van der Waals surface area contributed by atoms with E-state index in [1.165, 1.54) is 0 Å². The summed E-state index contributed by atoms with van der Waals surface area (Å²) in [5.74, 6) is 1.22. The lowest BCUT2D eigenvalue weighted by atomic mass is 9.99. The number of carbonyl (C=O) groups is 1. The highest BCUT2D eigenvalue weighted by molar-refractivity contribution is 7.12. The lowest BCUT2D eigenvalue weighted by Gasteiger charge is -2.23. The number of nitrogens with zero attached hydrogens (tertiary/aromatic N) is 2. The molecule has 0 bridgehead atoms. The number of amides is 1. The molecule has 0 spiro atoms. The van der Waals surface area contributed by atoms with E-state index in [1.54, 1.807) is 42.7 Å².